The van der Waals surface area contributed by atoms with Gasteiger partial charge >= 0.3 is 0 Å². The van der Waals surface area contributed by atoms with Gasteiger partial charge in [-0.05, 0) is 38.1 Å². The largest absolute Gasteiger partial charge is 0.345 e. The summed E-state index contributed by atoms with van der Waals surface area (Å²) >= 11 is 0. The normalized spacial score (nSPS) is 32.5. The quantitative estimate of drug-likeness (QED) is 0.919. The lowest BCUT2D eigenvalue weighted by Gasteiger charge is -2.42. The predicted octanol–water partition coefficient (Wildman–Crippen LogP) is 2.19. The second-order valence-electron chi connectivity index (χ2n) is 7.81. The van der Waals surface area contributed by atoms with Gasteiger partial charge in [0.25, 0.3) is 5.92 Å². The van der Waals surface area contributed by atoms with Crippen molar-refractivity contribution in [3.8, 4) is 0 Å². The van der Waals surface area contributed by atoms with Crippen molar-refractivity contribution in [2.75, 3.05) is 26.2 Å². The maximum Gasteiger partial charge on any atom is 0.282 e. The SMILES string of the molecule is Cc1ncc(CN2CC[C@@]3(CCC[C@H]3C(=O)N3CC(F)(F)C3)C2)[nH]1. The number of hydrogen-bond donors (Lipinski definition) is 1. The zero-order chi connectivity index (χ0) is 16.9. The summed E-state index contributed by atoms with van der Waals surface area (Å²) in [6.07, 6.45) is 5.75. The topological polar surface area (TPSA) is 52.2 Å². The number of H-pyrrole nitrogens is 1. The summed E-state index contributed by atoms with van der Waals surface area (Å²) in [5, 5.41) is 0. The second kappa shape index (κ2) is 5.51. The van der Waals surface area contributed by atoms with Crippen molar-refractivity contribution in [1.29, 1.82) is 0 Å². The van der Waals surface area contributed by atoms with Crippen LogP contribution in [-0.4, -0.2) is 57.8 Å². The van der Waals surface area contributed by atoms with Crippen LogP contribution in [0.15, 0.2) is 6.20 Å². The van der Waals surface area contributed by atoms with E-state index in [0.29, 0.717) is 0 Å². The lowest BCUT2D eigenvalue weighted by molar-refractivity contribution is -0.172. The van der Waals surface area contributed by atoms with E-state index in [4.69, 9.17) is 0 Å². The van der Waals surface area contributed by atoms with E-state index < -0.39 is 19.0 Å². The Morgan fingerprint density at radius 2 is 2.17 bits per heavy atom. The lowest BCUT2D eigenvalue weighted by atomic mass is 9.76. The van der Waals surface area contributed by atoms with Crippen molar-refractivity contribution in [2.24, 2.45) is 11.3 Å². The minimum atomic E-state index is -2.68. The van der Waals surface area contributed by atoms with Gasteiger partial charge in [0.05, 0.1) is 13.1 Å². The first-order valence-electron chi connectivity index (χ1n) is 8.76. The molecule has 1 aromatic rings. The average Bonchev–Trinajstić information content (AvgIpc) is 3.19. The Kier molecular flexibility index (Phi) is 3.67. The van der Waals surface area contributed by atoms with Crippen LogP contribution < -0.4 is 0 Å². The number of alkyl halides is 2. The molecule has 1 aromatic heterocycles. The molecule has 1 amide bonds. The molecule has 4 rings (SSSR count). The van der Waals surface area contributed by atoms with Crippen LogP contribution in [0.3, 0.4) is 0 Å². The molecule has 2 atom stereocenters. The van der Waals surface area contributed by atoms with Gasteiger partial charge in [0.15, 0.2) is 0 Å². The molecule has 0 bridgehead atoms. The number of carbonyl (C=O) groups excluding carboxylic acids is 1. The highest BCUT2D eigenvalue weighted by Crippen LogP contribution is 2.51. The highest BCUT2D eigenvalue weighted by molar-refractivity contribution is 5.81. The average molecular weight is 338 g/mol. The molecule has 0 unspecified atom stereocenters. The summed E-state index contributed by atoms with van der Waals surface area (Å²) in [7, 11) is 0. The van der Waals surface area contributed by atoms with Gasteiger partial charge in [0.1, 0.15) is 5.82 Å². The molecule has 3 aliphatic rings. The molecule has 24 heavy (non-hydrogen) atoms. The summed E-state index contributed by atoms with van der Waals surface area (Å²) in [6.45, 7) is 3.80. The van der Waals surface area contributed by atoms with E-state index in [1.54, 1.807) is 0 Å². The van der Waals surface area contributed by atoms with Crippen molar-refractivity contribution in [2.45, 2.75) is 45.1 Å². The molecular formula is C17H24F2N4O. The number of nitrogens with zero attached hydrogens (tertiary/aromatic N) is 3. The molecule has 1 N–H and O–H groups in total. The van der Waals surface area contributed by atoms with Gasteiger partial charge in [-0.25, -0.2) is 13.8 Å². The van der Waals surface area contributed by atoms with Crippen LogP contribution in [-0.2, 0) is 11.3 Å². The molecule has 0 aromatic carbocycles. The van der Waals surface area contributed by atoms with Crippen LogP contribution in [0.4, 0.5) is 8.78 Å². The molecule has 2 aliphatic heterocycles. The van der Waals surface area contributed by atoms with E-state index in [-0.39, 0.29) is 17.2 Å². The zero-order valence-electron chi connectivity index (χ0n) is 14.0. The third-order valence-corrected chi connectivity index (χ3v) is 5.97. The van der Waals surface area contributed by atoms with Crippen LogP contribution in [0.25, 0.3) is 0 Å². The Balaban J connectivity index is 1.41. The van der Waals surface area contributed by atoms with Gasteiger partial charge in [0, 0.05) is 30.9 Å². The maximum absolute atomic E-state index is 13.1. The van der Waals surface area contributed by atoms with Gasteiger partial charge in [-0.2, -0.15) is 0 Å². The number of imidazole rings is 1. The van der Waals surface area contributed by atoms with E-state index in [2.05, 4.69) is 14.9 Å². The molecule has 1 aliphatic carbocycles. The highest BCUT2D eigenvalue weighted by Gasteiger charge is 2.55. The Morgan fingerprint density at radius 3 is 2.83 bits per heavy atom. The van der Waals surface area contributed by atoms with Gasteiger partial charge in [-0.1, -0.05) is 6.42 Å². The van der Waals surface area contributed by atoms with E-state index in [1.807, 2.05) is 13.1 Å². The summed E-state index contributed by atoms with van der Waals surface area (Å²) in [5.41, 5.74) is 1.07. The molecule has 2 saturated heterocycles. The number of aryl methyl sites for hydroxylation is 1. The van der Waals surface area contributed by atoms with Crippen molar-refractivity contribution >= 4 is 5.91 Å². The first-order chi connectivity index (χ1) is 11.4. The summed E-state index contributed by atoms with van der Waals surface area (Å²) in [5.74, 6) is -1.90. The standard InChI is InChI=1S/C17H24F2N4O/c1-12-20-7-13(21-12)8-22-6-5-16(9-22)4-2-3-14(16)15(24)23-10-17(18,19)11-23/h7,14H,2-6,8-11H2,1H3,(H,20,21)/t14-,16-/m0/s1. The molecule has 3 fully saturated rings. The molecule has 0 radical (unpaired) electrons. The molecule has 5 nitrogen and oxygen atoms in total. The number of hydrogen-bond acceptors (Lipinski definition) is 3. The van der Waals surface area contributed by atoms with E-state index in [9.17, 15) is 13.6 Å². The predicted molar refractivity (Wildman–Crippen MR) is 84.5 cm³/mol. The van der Waals surface area contributed by atoms with E-state index in [1.165, 1.54) is 4.90 Å². The number of rotatable bonds is 3. The first-order valence-corrected chi connectivity index (χ1v) is 8.76. The first kappa shape index (κ1) is 16.0. The van der Waals surface area contributed by atoms with Crippen LogP contribution in [0.1, 0.15) is 37.2 Å². The molecular weight excluding hydrogens is 314 g/mol. The van der Waals surface area contributed by atoms with Gasteiger partial charge < -0.3 is 9.88 Å². The number of aromatic amines is 1. The van der Waals surface area contributed by atoms with Crippen molar-refractivity contribution < 1.29 is 13.6 Å². The van der Waals surface area contributed by atoms with Crippen LogP contribution in [0, 0.1) is 18.3 Å². The van der Waals surface area contributed by atoms with Gasteiger partial charge in [-0.15, -0.1) is 0 Å². The Morgan fingerprint density at radius 1 is 1.38 bits per heavy atom. The zero-order valence-corrected chi connectivity index (χ0v) is 14.0. The molecule has 132 valence electrons. The van der Waals surface area contributed by atoms with Crippen molar-refractivity contribution in [3.05, 3.63) is 17.7 Å². The number of likely N-dealkylation sites (tertiary alicyclic amines) is 2. The van der Waals surface area contributed by atoms with Crippen LogP contribution >= 0.6 is 0 Å². The summed E-state index contributed by atoms with van der Waals surface area (Å²) in [4.78, 5) is 23.9. The Bertz CT molecular complexity index is 638. The number of amides is 1. The highest BCUT2D eigenvalue weighted by atomic mass is 19.3. The minimum Gasteiger partial charge on any atom is -0.345 e. The Labute approximate surface area is 140 Å². The van der Waals surface area contributed by atoms with E-state index >= 15 is 0 Å². The number of aromatic nitrogens is 2. The number of nitrogens with one attached hydrogen (secondary N) is 1. The number of halogens is 2. The van der Waals surface area contributed by atoms with Crippen LogP contribution in [0.2, 0.25) is 0 Å². The maximum atomic E-state index is 13.1. The lowest BCUT2D eigenvalue weighted by Crippen LogP contribution is -2.60. The van der Waals surface area contributed by atoms with Crippen molar-refractivity contribution in [1.82, 2.24) is 19.8 Å². The third kappa shape index (κ3) is 2.72. The second-order valence-corrected chi connectivity index (χ2v) is 7.81. The fourth-order valence-electron chi connectivity index (χ4n) is 4.81. The molecule has 3 heterocycles. The molecule has 7 heteroatoms. The monoisotopic (exact) mass is 338 g/mol. The molecule has 1 saturated carbocycles. The van der Waals surface area contributed by atoms with Gasteiger partial charge in [-0.3, -0.25) is 9.69 Å². The van der Waals surface area contributed by atoms with Crippen LogP contribution in [0.5, 0.6) is 0 Å². The Hall–Kier alpha value is -1.50. The smallest absolute Gasteiger partial charge is 0.282 e. The fraction of sp³-hybridized carbons (Fsp3) is 0.765. The third-order valence-electron chi connectivity index (χ3n) is 5.97. The van der Waals surface area contributed by atoms with E-state index in [0.717, 1.165) is 56.8 Å². The number of carbonyl (C=O) groups is 1. The summed E-state index contributed by atoms with van der Waals surface area (Å²) < 4.78 is 26.2. The molecule has 1 spiro atoms. The summed E-state index contributed by atoms with van der Waals surface area (Å²) in [6, 6.07) is 0. The van der Waals surface area contributed by atoms with Gasteiger partial charge in [0.2, 0.25) is 5.91 Å². The fourth-order valence-corrected chi connectivity index (χ4v) is 4.81. The minimum absolute atomic E-state index is 0.0168. The van der Waals surface area contributed by atoms with Crippen molar-refractivity contribution in [3.63, 3.8) is 0 Å².